The maximum Gasteiger partial charge on any atom is 0.217 e. The lowest BCUT2D eigenvalue weighted by Gasteiger charge is -2.38. The number of benzene rings is 2. The fraction of sp³-hybridized carbons (Fsp3) is 0.150. The minimum atomic E-state index is -0.534. The summed E-state index contributed by atoms with van der Waals surface area (Å²) in [6.45, 7) is 0. The highest BCUT2D eigenvalue weighted by Gasteiger charge is 2.42. The highest BCUT2D eigenvalue weighted by Crippen LogP contribution is 2.49. The molecule has 2 aliphatic rings. The Morgan fingerprint density at radius 2 is 1.81 bits per heavy atom. The number of fused-ring (bicyclic) bond motifs is 3. The molecule has 0 radical (unpaired) electrons. The third-order valence-electron chi connectivity index (χ3n) is 4.81. The van der Waals surface area contributed by atoms with Crippen molar-refractivity contribution in [3.05, 3.63) is 80.6 Å². The van der Waals surface area contributed by atoms with Crippen LogP contribution in [0.3, 0.4) is 0 Å². The van der Waals surface area contributed by atoms with Crippen LogP contribution in [0.4, 0.5) is 0 Å². The molecular weight excluding hydrogens is 476 g/mol. The SMILES string of the molecule is Oc1ccc(Br)cc1[C@H]1Oc2ccc(Br)cc2[C@H]2CC(c3ccco3)=NN21. The largest absolute Gasteiger partial charge is 0.507 e. The first-order valence-corrected chi connectivity index (χ1v) is 10.0. The van der Waals surface area contributed by atoms with Crippen LogP contribution in [0.15, 0.2) is 73.3 Å². The summed E-state index contributed by atoms with van der Waals surface area (Å²) in [6.07, 6.45) is 1.81. The number of hydrogen-bond donors (Lipinski definition) is 1. The molecule has 0 fully saturated rings. The lowest BCUT2D eigenvalue weighted by atomic mass is 9.97. The van der Waals surface area contributed by atoms with Gasteiger partial charge in [-0.2, -0.15) is 5.10 Å². The Hall–Kier alpha value is -2.25. The zero-order valence-corrected chi connectivity index (χ0v) is 17.1. The topological polar surface area (TPSA) is 58.2 Å². The summed E-state index contributed by atoms with van der Waals surface area (Å²) in [5.41, 5.74) is 2.58. The summed E-state index contributed by atoms with van der Waals surface area (Å²) >= 11 is 7.02. The zero-order chi connectivity index (χ0) is 18.5. The monoisotopic (exact) mass is 488 g/mol. The van der Waals surface area contributed by atoms with E-state index in [-0.39, 0.29) is 11.8 Å². The van der Waals surface area contributed by atoms with Crippen LogP contribution in [0.25, 0.3) is 0 Å². The van der Waals surface area contributed by atoms with Crippen molar-refractivity contribution in [1.29, 1.82) is 0 Å². The number of rotatable bonds is 2. The Balaban J connectivity index is 1.65. The fourth-order valence-corrected chi connectivity index (χ4v) is 4.34. The van der Waals surface area contributed by atoms with Crippen LogP contribution in [-0.2, 0) is 0 Å². The van der Waals surface area contributed by atoms with E-state index in [1.165, 1.54) is 0 Å². The Bertz CT molecular complexity index is 1050. The van der Waals surface area contributed by atoms with E-state index in [1.807, 2.05) is 35.3 Å². The van der Waals surface area contributed by atoms with E-state index in [0.717, 1.165) is 31.7 Å². The molecule has 5 rings (SSSR count). The molecule has 0 bridgehead atoms. The fourth-order valence-electron chi connectivity index (χ4n) is 3.58. The predicted molar refractivity (Wildman–Crippen MR) is 108 cm³/mol. The van der Waals surface area contributed by atoms with E-state index in [2.05, 4.69) is 37.9 Å². The van der Waals surface area contributed by atoms with Gasteiger partial charge in [-0.25, -0.2) is 5.01 Å². The maximum atomic E-state index is 10.4. The average molecular weight is 490 g/mol. The second-order valence-electron chi connectivity index (χ2n) is 6.48. The summed E-state index contributed by atoms with van der Waals surface area (Å²) in [7, 11) is 0. The zero-order valence-electron chi connectivity index (χ0n) is 14.0. The lowest BCUT2D eigenvalue weighted by molar-refractivity contribution is -0.0204. The van der Waals surface area contributed by atoms with Gasteiger partial charge >= 0.3 is 0 Å². The van der Waals surface area contributed by atoms with Crippen LogP contribution in [0.5, 0.6) is 11.5 Å². The smallest absolute Gasteiger partial charge is 0.217 e. The van der Waals surface area contributed by atoms with Gasteiger partial charge in [-0.05, 0) is 48.5 Å². The number of aromatic hydroxyl groups is 1. The highest BCUT2D eigenvalue weighted by molar-refractivity contribution is 9.10. The molecule has 136 valence electrons. The summed E-state index contributed by atoms with van der Waals surface area (Å²) < 4.78 is 13.7. The number of nitrogens with zero attached hydrogens (tertiary/aromatic N) is 2. The number of ether oxygens (including phenoxy) is 1. The molecular formula is C20H14Br2N2O3. The molecule has 2 aliphatic heterocycles. The van der Waals surface area contributed by atoms with Crippen molar-refractivity contribution in [3.8, 4) is 11.5 Å². The molecule has 2 aromatic carbocycles. The molecule has 1 aromatic heterocycles. The molecule has 0 aliphatic carbocycles. The van der Waals surface area contributed by atoms with E-state index >= 15 is 0 Å². The van der Waals surface area contributed by atoms with Gasteiger partial charge in [0.15, 0.2) is 0 Å². The number of phenolic OH excluding ortho intramolecular Hbond substituents is 1. The van der Waals surface area contributed by atoms with Gasteiger partial charge in [-0.3, -0.25) is 0 Å². The first kappa shape index (κ1) is 16.9. The highest BCUT2D eigenvalue weighted by atomic mass is 79.9. The van der Waals surface area contributed by atoms with Crippen LogP contribution >= 0.6 is 31.9 Å². The molecule has 3 aromatic rings. The number of hydrogen-bond acceptors (Lipinski definition) is 5. The van der Waals surface area contributed by atoms with Crippen molar-refractivity contribution in [1.82, 2.24) is 5.01 Å². The molecule has 3 heterocycles. The van der Waals surface area contributed by atoms with Crippen molar-refractivity contribution >= 4 is 37.6 Å². The van der Waals surface area contributed by atoms with Crippen LogP contribution in [0.1, 0.15) is 35.6 Å². The van der Waals surface area contributed by atoms with Crippen LogP contribution in [0, 0.1) is 0 Å². The Morgan fingerprint density at radius 3 is 2.59 bits per heavy atom. The van der Waals surface area contributed by atoms with Gasteiger partial charge in [0.05, 0.1) is 17.9 Å². The van der Waals surface area contributed by atoms with E-state index in [0.29, 0.717) is 12.0 Å². The molecule has 5 nitrogen and oxygen atoms in total. The minimum Gasteiger partial charge on any atom is -0.507 e. The van der Waals surface area contributed by atoms with Gasteiger partial charge in [0.1, 0.15) is 23.0 Å². The molecule has 0 spiro atoms. The molecule has 2 atom stereocenters. The molecule has 0 saturated heterocycles. The standard InChI is InChI=1S/C20H14Br2N2O3/c21-11-3-5-17(25)14(9-11)20-24-16(10-15(23-24)19-2-1-7-26-19)13-8-12(22)4-6-18(13)27-20/h1-9,16,20,25H,10H2/t16-,20-/m1/s1. The summed E-state index contributed by atoms with van der Waals surface area (Å²) in [5.74, 6) is 1.71. The van der Waals surface area contributed by atoms with E-state index < -0.39 is 6.23 Å². The van der Waals surface area contributed by atoms with Crippen molar-refractivity contribution in [2.75, 3.05) is 0 Å². The Kier molecular flexibility index (Phi) is 4.02. The third kappa shape index (κ3) is 2.85. The molecule has 7 heteroatoms. The van der Waals surface area contributed by atoms with Crippen molar-refractivity contribution in [2.24, 2.45) is 5.10 Å². The minimum absolute atomic E-state index is 0.00488. The number of hydrazone groups is 1. The van der Waals surface area contributed by atoms with E-state index in [9.17, 15) is 5.11 Å². The first-order valence-electron chi connectivity index (χ1n) is 8.44. The third-order valence-corrected chi connectivity index (χ3v) is 5.80. The van der Waals surface area contributed by atoms with Gasteiger partial charge in [-0.15, -0.1) is 0 Å². The van der Waals surface area contributed by atoms with Crippen LogP contribution < -0.4 is 4.74 Å². The Labute approximate surface area is 172 Å². The predicted octanol–water partition coefficient (Wildman–Crippen LogP) is 5.75. The summed E-state index contributed by atoms with van der Waals surface area (Å²) in [4.78, 5) is 0. The molecule has 27 heavy (non-hydrogen) atoms. The van der Waals surface area contributed by atoms with Crippen molar-refractivity contribution in [2.45, 2.75) is 18.7 Å². The van der Waals surface area contributed by atoms with Gasteiger partial charge < -0.3 is 14.3 Å². The van der Waals surface area contributed by atoms with E-state index in [4.69, 9.17) is 14.3 Å². The van der Waals surface area contributed by atoms with Gasteiger partial charge in [0.2, 0.25) is 6.23 Å². The molecule has 0 unspecified atom stereocenters. The number of halogens is 2. The normalized spacial score (nSPS) is 20.7. The van der Waals surface area contributed by atoms with Gasteiger partial charge in [0, 0.05) is 20.9 Å². The Morgan fingerprint density at radius 1 is 1.04 bits per heavy atom. The summed E-state index contributed by atoms with van der Waals surface area (Å²) in [5, 5.41) is 17.2. The number of phenols is 1. The van der Waals surface area contributed by atoms with Crippen LogP contribution in [0.2, 0.25) is 0 Å². The molecule has 0 saturated carbocycles. The average Bonchev–Trinajstić information content (AvgIpc) is 3.32. The van der Waals surface area contributed by atoms with Crippen LogP contribution in [-0.4, -0.2) is 15.8 Å². The molecule has 1 N–H and O–H groups in total. The maximum absolute atomic E-state index is 10.4. The van der Waals surface area contributed by atoms with Gasteiger partial charge in [-0.1, -0.05) is 31.9 Å². The molecule has 0 amide bonds. The second kappa shape index (κ2) is 6.42. The van der Waals surface area contributed by atoms with Crippen molar-refractivity contribution in [3.63, 3.8) is 0 Å². The second-order valence-corrected chi connectivity index (χ2v) is 8.31. The quantitative estimate of drug-likeness (QED) is 0.497. The number of furan rings is 1. The van der Waals surface area contributed by atoms with Gasteiger partial charge in [0.25, 0.3) is 0 Å². The van der Waals surface area contributed by atoms with Crippen molar-refractivity contribution < 1.29 is 14.3 Å². The first-order chi connectivity index (χ1) is 13.1. The lowest BCUT2D eigenvalue weighted by Crippen LogP contribution is -2.33. The van der Waals surface area contributed by atoms with E-state index in [1.54, 1.807) is 18.4 Å². The summed E-state index contributed by atoms with van der Waals surface area (Å²) in [6, 6.07) is 15.0.